The van der Waals surface area contributed by atoms with Crippen molar-refractivity contribution < 1.29 is 28.3 Å². The SMILES string of the molecule is C[C@H]1[C@H]([Si](C)(C)F)[C@@H](CCn2cc([C@H](O)c3ccccc3)nn2)O[C@]12C(=O)N(Cc1ccc(N3CCOC3=O)cc1)c1ccccc12. The molecule has 2 amide bonds. The average Bonchev–Trinajstić information content (AvgIpc) is 3.83. The standard InChI is InChI=1S/C35H38FN5O5Si/c1-23-32(47(2,3)36)30(17-18-39-22-28(37-38-39)31(42)25-9-5-4-6-10-25)46-35(23)27-11-7-8-12-29(27)41(33(35)43)21-24-13-15-26(16-14-24)40-19-20-45-34(40)44/h4-16,22-23,30-32,42H,17-21H2,1-3H3/t23-,30+,31+,32-,35+/m0/s1. The Morgan fingerprint density at radius 1 is 1.04 bits per heavy atom. The Labute approximate surface area is 273 Å². The first kappa shape index (κ1) is 31.2. The molecule has 1 spiro atoms. The highest BCUT2D eigenvalue weighted by Crippen LogP contribution is 2.60. The molecule has 3 aliphatic rings. The first-order valence-electron chi connectivity index (χ1n) is 16.0. The predicted octanol–water partition coefficient (Wildman–Crippen LogP) is 5.73. The molecule has 0 radical (unpaired) electrons. The van der Waals surface area contributed by atoms with E-state index in [9.17, 15) is 14.7 Å². The van der Waals surface area contributed by atoms with E-state index in [0.717, 1.165) is 28.1 Å². The van der Waals surface area contributed by atoms with Crippen LogP contribution in [0, 0.1) is 5.92 Å². The number of hydrogen-bond donors (Lipinski definition) is 1. The van der Waals surface area contributed by atoms with E-state index in [-0.39, 0.29) is 12.0 Å². The fourth-order valence-electron chi connectivity index (χ4n) is 7.63. The predicted molar refractivity (Wildman–Crippen MR) is 176 cm³/mol. The zero-order chi connectivity index (χ0) is 32.9. The highest BCUT2D eigenvalue weighted by Gasteiger charge is 2.66. The van der Waals surface area contributed by atoms with Crippen molar-refractivity contribution >= 4 is 31.8 Å². The van der Waals surface area contributed by atoms with E-state index < -0.39 is 37.7 Å². The van der Waals surface area contributed by atoms with Gasteiger partial charge in [-0.25, -0.2) is 4.79 Å². The normalized spacial score (nSPS) is 24.7. The molecular formula is C35H38FN5O5Si. The Bertz CT molecular complexity index is 1780. The Kier molecular flexibility index (Phi) is 7.97. The van der Waals surface area contributed by atoms with Gasteiger partial charge in [0.1, 0.15) is 18.4 Å². The zero-order valence-electron chi connectivity index (χ0n) is 26.6. The Balaban J connectivity index is 1.13. The summed E-state index contributed by atoms with van der Waals surface area (Å²) in [5.74, 6) is -0.606. The van der Waals surface area contributed by atoms with Gasteiger partial charge >= 0.3 is 6.09 Å². The number of para-hydroxylation sites is 1. The molecule has 3 aromatic carbocycles. The van der Waals surface area contributed by atoms with E-state index >= 15 is 4.11 Å². The Morgan fingerprint density at radius 2 is 1.77 bits per heavy atom. The fraction of sp³-hybridized carbons (Fsp3) is 0.371. The number of aliphatic hydroxyl groups is 1. The van der Waals surface area contributed by atoms with Crippen molar-refractivity contribution in [1.82, 2.24) is 15.0 Å². The third-order valence-corrected chi connectivity index (χ3v) is 12.3. The van der Waals surface area contributed by atoms with Gasteiger partial charge in [0.05, 0.1) is 31.1 Å². The van der Waals surface area contributed by atoms with Crippen molar-refractivity contribution in [1.29, 1.82) is 0 Å². The zero-order valence-corrected chi connectivity index (χ0v) is 27.6. The summed E-state index contributed by atoms with van der Waals surface area (Å²) in [5.41, 5.74) is 2.52. The van der Waals surface area contributed by atoms with Crippen LogP contribution in [0.3, 0.4) is 0 Å². The van der Waals surface area contributed by atoms with Gasteiger partial charge in [-0.1, -0.05) is 72.8 Å². The molecule has 12 heteroatoms. The molecule has 244 valence electrons. The number of fused-ring (bicyclic) bond motifs is 2. The second-order valence-corrected chi connectivity index (χ2v) is 16.9. The number of halogens is 1. The lowest BCUT2D eigenvalue weighted by atomic mass is 9.82. The smallest absolute Gasteiger partial charge is 0.414 e. The quantitative estimate of drug-likeness (QED) is 0.181. The molecule has 1 N–H and O–H groups in total. The molecule has 3 aliphatic heterocycles. The van der Waals surface area contributed by atoms with E-state index in [1.54, 1.807) is 33.8 Å². The second kappa shape index (κ2) is 12.0. The van der Waals surface area contributed by atoms with Gasteiger partial charge in [0.2, 0.25) is 8.41 Å². The van der Waals surface area contributed by atoms with E-state index in [4.69, 9.17) is 9.47 Å². The highest BCUT2D eigenvalue weighted by molar-refractivity contribution is 6.72. The number of aryl methyl sites for hydroxylation is 1. The van der Waals surface area contributed by atoms with Crippen LogP contribution < -0.4 is 9.80 Å². The number of hydrogen-bond acceptors (Lipinski definition) is 7. The minimum absolute atomic E-state index is 0.196. The molecule has 5 atom stereocenters. The van der Waals surface area contributed by atoms with Crippen molar-refractivity contribution in [2.45, 2.75) is 62.9 Å². The third-order valence-electron chi connectivity index (χ3n) is 9.81. The first-order chi connectivity index (χ1) is 22.6. The van der Waals surface area contributed by atoms with Gasteiger partial charge in [0.25, 0.3) is 5.91 Å². The summed E-state index contributed by atoms with van der Waals surface area (Å²) in [5, 5.41) is 19.2. The molecule has 47 heavy (non-hydrogen) atoms. The number of cyclic esters (lactones) is 1. The number of anilines is 2. The topological polar surface area (TPSA) is 110 Å². The summed E-state index contributed by atoms with van der Waals surface area (Å²) in [7, 11) is -3.33. The summed E-state index contributed by atoms with van der Waals surface area (Å²) in [6.07, 6.45) is 0.326. The average molecular weight is 656 g/mol. The van der Waals surface area contributed by atoms with Crippen LogP contribution in [0.4, 0.5) is 20.3 Å². The molecular weight excluding hydrogens is 617 g/mol. The molecule has 0 bridgehead atoms. The molecule has 4 aromatic rings. The number of nitrogens with zero attached hydrogens (tertiary/aromatic N) is 5. The monoisotopic (exact) mass is 655 g/mol. The molecule has 0 saturated carbocycles. The molecule has 7 rings (SSSR count). The van der Waals surface area contributed by atoms with Crippen molar-refractivity contribution in [2.24, 2.45) is 5.92 Å². The van der Waals surface area contributed by atoms with Crippen LogP contribution in [0.2, 0.25) is 18.6 Å². The van der Waals surface area contributed by atoms with Gasteiger partial charge in [-0.2, -0.15) is 0 Å². The van der Waals surface area contributed by atoms with Crippen LogP contribution in [-0.2, 0) is 33.0 Å². The number of ether oxygens (including phenoxy) is 2. The maximum Gasteiger partial charge on any atom is 0.414 e. The van der Waals surface area contributed by atoms with Gasteiger partial charge in [-0.3, -0.25) is 14.4 Å². The van der Waals surface area contributed by atoms with Crippen LogP contribution in [0.5, 0.6) is 0 Å². The largest absolute Gasteiger partial charge is 0.447 e. The molecule has 2 saturated heterocycles. The highest BCUT2D eigenvalue weighted by atomic mass is 28.4. The van der Waals surface area contributed by atoms with Gasteiger partial charge in [0, 0.05) is 29.3 Å². The van der Waals surface area contributed by atoms with Gasteiger partial charge < -0.3 is 23.6 Å². The van der Waals surface area contributed by atoms with Gasteiger partial charge in [-0.15, -0.1) is 5.10 Å². The summed E-state index contributed by atoms with van der Waals surface area (Å²) in [4.78, 5) is 29.9. The first-order valence-corrected chi connectivity index (χ1v) is 19.0. The minimum Gasteiger partial charge on any atom is -0.447 e. The van der Waals surface area contributed by atoms with Crippen LogP contribution in [-0.4, -0.2) is 59.8 Å². The van der Waals surface area contributed by atoms with E-state index in [2.05, 4.69) is 10.3 Å². The number of carbonyl (C=O) groups is 2. The van der Waals surface area contributed by atoms with Gasteiger partial charge in [-0.05, 0) is 48.8 Å². The number of amides is 2. The van der Waals surface area contributed by atoms with E-state index in [1.807, 2.05) is 85.8 Å². The van der Waals surface area contributed by atoms with Crippen molar-refractivity contribution in [3.05, 3.63) is 107 Å². The number of carbonyl (C=O) groups excluding carboxylic acids is 2. The van der Waals surface area contributed by atoms with Crippen molar-refractivity contribution in [3.8, 4) is 0 Å². The maximum atomic E-state index is 16.2. The maximum absolute atomic E-state index is 16.2. The lowest BCUT2D eigenvalue weighted by Crippen LogP contribution is -2.45. The van der Waals surface area contributed by atoms with E-state index in [0.29, 0.717) is 38.4 Å². The summed E-state index contributed by atoms with van der Waals surface area (Å²) in [6.45, 7) is 6.87. The summed E-state index contributed by atoms with van der Waals surface area (Å²) in [6, 6.07) is 24.4. The van der Waals surface area contributed by atoms with Crippen molar-refractivity contribution in [3.63, 3.8) is 0 Å². The van der Waals surface area contributed by atoms with Crippen LogP contribution in [0.1, 0.15) is 41.8 Å². The summed E-state index contributed by atoms with van der Waals surface area (Å²) < 4.78 is 29.8. The lowest BCUT2D eigenvalue weighted by Gasteiger charge is -2.31. The summed E-state index contributed by atoms with van der Waals surface area (Å²) >= 11 is 0. The molecule has 10 nitrogen and oxygen atoms in total. The number of aromatic nitrogens is 3. The van der Waals surface area contributed by atoms with Crippen LogP contribution in [0.15, 0.2) is 85.1 Å². The molecule has 4 heterocycles. The van der Waals surface area contributed by atoms with Crippen molar-refractivity contribution in [2.75, 3.05) is 23.0 Å². The Hall–Kier alpha value is -4.39. The fourth-order valence-corrected chi connectivity index (χ4v) is 10.2. The van der Waals surface area contributed by atoms with E-state index in [1.165, 1.54) is 0 Å². The molecule has 0 unspecified atom stereocenters. The molecule has 0 aliphatic carbocycles. The Morgan fingerprint density at radius 3 is 2.47 bits per heavy atom. The number of aliphatic hydroxyl groups excluding tert-OH is 1. The van der Waals surface area contributed by atoms with Crippen LogP contribution in [0.25, 0.3) is 0 Å². The molecule has 2 fully saturated rings. The second-order valence-electron chi connectivity index (χ2n) is 13.1. The number of rotatable bonds is 9. The van der Waals surface area contributed by atoms with Crippen LogP contribution >= 0.6 is 0 Å². The lowest BCUT2D eigenvalue weighted by molar-refractivity contribution is -0.146. The number of benzene rings is 3. The molecule has 1 aromatic heterocycles. The third kappa shape index (κ3) is 5.43. The van der Waals surface area contributed by atoms with Gasteiger partial charge in [0.15, 0.2) is 5.60 Å². The minimum atomic E-state index is -3.33.